The number of nitrogens with zero attached hydrogens (tertiary/aromatic N) is 2. The number of H-pyrrole nitrogens is 1. The fourth-order valence-corrected chi connectivity index (χ4v) is 2.26. The maximum Gasteiger partial charge on any atom is 0.264 e. The van der Waals surface area contributed by atoms with Crippen LogP contribution in [0.5, 0.6) is 11.5 Å². The lowest BCUT2D eigenvalue weighted by Gasteiger charge is -2.09. The topological polar surface area (TPSA) is 89.1 Å². The van der Waals surface area contributed by atoms with Crippen LogP contribution in [0.3, 0.4) is 0 Å². The molecule has 0 radical (unpaired) electrons. The summed E-state index contributed by atoms with van der Waals surface area (Å²) < 4.78 is 10.6. The minimum Gasteiger partial charge on any atom is -0.493 e. The maximum absolute atomic E-state index is 12.0. The molecule has 2 aromatic carbocycles. The van der Waals surface area contributed by atoms with Gasteiger partial charge in [0.1, 0.15) is 5.82 Å². The van der Waals surface area contributed by atoms with Gasteiger partial charge in [-0.3, -0.25) is 15.2 Å². The van der Waals surface area contributed by atoms with E-state index in [1.165, 1.54) is 0 Å². The lowest BCUT2D eigenvalue weighted by molar-refractivity contribution is -0.118. The monoisotopic (exact) mass is 338 g/mol. The van der Waals surface area contributed by atoms with Crippen molar-refractivity contribution in [1.29, 1.82) is 0 Å². The summed E-state index contributed by atoms with van der Waals surface area (Å²) in [5.41, 5.74) is 1.11. The van der Waals surface area contributed by atoms with Crippen molar-refractivity contribution in [1.82, 2.24) is 15.2 Å². The van der Waals surface area contributed by atoms with Crippen LogP contribution in [-0.2, 0) is 11.2 Å². The molecule has 0 fully saturated rings. The summed E-state index contributed by atoms with van der Waals surface area (Å²) in [6.07, 6.45) is 0.613. The molecular formula is C18H18N4O3. The summed E-state index contributed by atoms with van der Waals surface area (Å²) >= 11 is 0. The minimum atomic E-state index is -0.351. The van der Waals surface area contributed by atoms with E-state index in [0.717, 1.165) is 5.56 Å². The van der Waals surface area contributed by atoms with Crippen molar-refractivity contribution in [2.45, 2.75) is 6.42 Å². The first-order valence-corrected chi connectivity index (χ1v) is 7.75. The van der Waals surface area contributed by atoms with Gasteiger partial charge in [0, 0.05) is 6.42 Å². The molecule has 0 saturated carbocycles. The minimum absolute atomic E-state index is 0.164. The van der Waals surface area contributed by atoms with E-state index in [0.29, 0.717) is 23.7 Å². The Balaban J connectivity index is 1.53. The number of anilines is 1. The van der Waals surface area contributed by atoms with Crippen LogP contribution in [0, 0.1) is 0 Å². The molecule has 1 heterocycles. The molecule has 0 atom stereocenters. The number of ether oxygens (including phenoxy) is 2. The van der Waals surface area contributed by atoms with Gasteiger partial charge >= 0.3 is 0 Å². The van der Waals surface area contributed by atoms with Gasteiger partial charge < -0.3 is 9.47 Å². The van der Waals surface area contributed by atoms with E-state index >= 15 is 0 Å². The molecule has 1 aromatic heterocycles. The van der Waals surface area contributed by atoms with Crippen LogP contribution in [0.15, 0.2) is 54.6 Å². The standard InChI is InChI=1S/C18H18N4O3/c1-24-14-9-5-6-10-15(14)25-12-17(23)20-18-19-16(21-22-18)11-13-7-3-2-4-8-13/h2-10H,11-12H2,1H3,(H2,19,20,21,22,23). The Morgan fingerprint density at radius 3 is 2.56 bits per heavy atom. The lowest BCUT2D eigenvalue weighted by atomic mass is 10.1. The number of hydrogen-bond donors (Lipinski definition) is 2. The predicted octanol–water partition coefficient (Wildman–Crippen LogP) is 2.42. The predicted molar refractivity (Wildman–Crippen MR) is 92.7 cm³/mol. The Bertz CT molecular complexity index is 833. The zero-order chi connectivity index (χ0) is 17.5. The molecule has 0 unspecified atom stereocenters. The summed E-state index contributed by atoms with van der Waals surface area (Å²) in [4.78, 5) is 16.2. The molecule has 2 N–H and O–H groups in total. The lowest BCUT2D eigenvalue weighted by Crippen LogP contribution is -2.21. The SMILES string of the molecule is COc1ccccc1OCC(=O)Nc1n[nH]c(Cc2ccccc2)n1. The molecule has 128 valence electrons. The molecule has 0 bridgehead atoms. The van der Waals surface area contributed by atoms with Crippen LogP contribution in [0.1, 0.15) is 11.4 Å². The van der Waals surface area contributed by atoms with E-state index in [-0.39, 0.29) is 18.5 Å². The van der Waals surface area contributed by atoms with Gasteiger partial charge in [0.05, 0.1) is 7.11 Å². The largest absolute Gasteiger partial charge is 0.493 e. The molecule has 1 amide bonds. The summed E-state index contributed by atoms with van der Waals surface area (Å²) in [5, 5.41) is 9.41. The number of carbonyl (C=O) groups excluding carboxylic acids is 1. The second-order valence-corrected chi connectivity index (χ2v) is 5.26. The molecule has 3 rings (SSSR count). The summed E-state index contributed by atoms with van der Waals surface area (Å²) in [5.74, 6) is 1.61. The van der Waals surface area contributed by atoms with Gasteiger partial charge in [-0.15, -0.1) is 5.10 Å². The number of methoxy groups -OCH3 is 1. The van der Waals surface area contributed by atoms with Gasteiger partial charge in [-0.2, -0.15) is 4.98 Å². The molecule has 3 aromatic rings. The Labute approximate surface area is 145 Å². The fourth-order valence-electron chi connectivity index (χ4n) is 2.26. The number of amides is 1. The zero-order valence-corrected chi connectivity index (χ0v) is 13.7. The van der Waals surface area contributed by atoms with Gasteiger partial charge in [-0.25, -0.2) is 0 Å². The van der Waals surface area contributed by atoms with Crippen molar-refractivity contribution in [3.8, 4) is 11.5 Å². The third-order valence-corrected chi connectivity index (χ3v) is 3.43. The van der Waals surface area contributed by atoms with Crippen LogP contribution in [-0.4, -0.2) is 34.8 Å². The number of benzene rings is 2. The summed E-state index contributed by atoms with van der Waals surface area (Å²) in [6.45, 7) is -0.164. The van der Waals surface area contributed by atoms with Gasteiger partial charge in [0.2, 0.25) is 5.95 Å². The summed E-state index contributed by atoms with van der Waals surface area (Å²) in [7, 11) is 1.55. The van der Waals surface area contributed by atoms with Crippen molar-refractivity contribution in [3.05, 3.63) is 66.0 Å². The van der Waals surface area contributed by atoms with Crippen LogP contribution >= 0.6 is 0 Å². The van der Waals surface area contributed by atoms with Crippen LogP contribution < -0.4 is 14.8 Å². The third-order valence-electron chi connectivity index (χ3n) is 3.43. The van der Waals surface area contributed by atoms with E-state index < -0.39 is 0 Å². The number of nitrogens with one attached hydrogen (secondary N) is 2. The Morgan fingerprint density at radius 1 is 1.08 bits per heavy atom. The Hall–Kier alpha value is -3.35. The fraction of sp³-hybridized carbons (Fsp3) is 0.167. The molecule has 0 aliphatic carbocycles. The Morgan fingerprint density at radius 2 is 1.80 bits per heavy atom. The highest BCUT2D eigenvalue weighted by Crippen LogP contribution is 2.25. The molecule has 25 heavy (non-hydrogen) atoms. The number of aromatic amines is 1. The molecule has 7 nitrogen and oxygen atoms in total. The highest BCUT2D eigenvalue weighted by molar-refractivity contribution is 5.90. The highest BCUT2D eigenvalue weighted by Gasteiger charge is 2.10. The quantitative estimate of drug-likeness (QED) is 0.690. The number of rotatable bonds is 7. The van der Waals surface area contributed by atoms with E-state index in [4.69, 9.17) is 9.47 Å². The average molecular weight is 338 g/mol. The van der Waals surface area contributed by atoms with Crippen LogP contribution in [0.25, 0.3) is 0 Å². The first-order valence-electron chi connectivity index (χ1n) is 7.75. The molecule has 0 spiro atoms. The van der Waals surface area contributed by atoms with E-state index in [1.807, 2.05) is 36.4 Å². The van der Waals surface area contributed by atoms with Crippen molar-refractivity contribution >= 4 is 11.9 Å². The maximum atomic E-state index is 12.0. The van der Waals surface area contributed by atoms with Crippen molar-refractivity contribution in [2.24, 2.45) is 0 Å². The van der Waals surface area contributed by atoms with Crippen molar-refractivity contribution in [3.63, 3.8) is 0 Å². The van der Waals surface area contributed by atoms with Gasteiger partial charge in [-0.05, 0) is 17.7 Å². The molecule has 0 aliphatic heterocycles. The zero-order valence-electron chi connectivity index (χ0n) is 13.7. The number of hydrogen-bond acceptors (Lipinski definition) is 5. The van der Waals surface area contributed by atoms with E-state index in [1.54, 1.807) is 25.3 Å². The number of aromatic nitrogens is 3. The highest BCUT2D eigenvalue weighted by atomic mass is 16.5. The second kappa shape index (κ2) is 7.96. The average Bonchev–Trinajstić information content (AvgIpc) is 3.07. The number of carbonyl (C=O) groups is 1. The van der Waals surface area contributed by atoms with E-state index in [2.05, 4.69) is 20.5 Å². The molecule has 0 aliphatic rings. The third kappa shape index (κ3) is 4.57. The van der Waals surface area contributed by atoms with Gasteiger partial charge in [-0.1, -0.05) is 42.5 Å². The van der Waals surface area contributed by atoms with E-state index in [9.17, 15) is 4.79 Å². The first kappa shape index (κ1) is 16.5. The van der Waals surface area contributed by atoms with Crippen molar-refractivity contribution < 1.29 is 14.3 Å². The Kier molecular flexibility index (Phi) is 5.26. The normalized spacial score (nSPS) is 10.3. The number of para-hydroxylation sites is 2. The molecule has 7 heteroatoms. The van der Waals surface area contributed by atoms with Gasteiger partial charge in [0.15, 0.2) is 18.1 Å². The first-order chi connectivity index (χ1) is 12.2. The molecule has 0 saturated heterocycles. The van der Waals surface area contributed by atoms with Crippen LogP contribution in [0.2, 0.25) is 0 Å². The van der Waals surface area contributed by atoms with Gasteiger partial charge in [0.25, 0.3) is 5.91 Å². The van der Waals surface area contributed by atoms with Crippen LogP contribution in [0.4, 0.5) is 5.95 Å². The smallest absolute Gasteiger partial charge is 0.264 e. The summed E-state index contributed by atoms with van der Waals surface area (Å²) in [6, 6.07) is 17.0. The second-order valence-electron chi connectivity index (χ2n) is 5.26. The molecular weight excluding hydrogens is 320 g/mol. The van der Waals surface area contributed by atoms with Crippen molar-refractivity contribution in [2.75, 3.05) is 19.0 Å².